The summed E-state index contributed by atoms with van der Waals surface area (Å²) in [5.74, 6) is 1.93. The number of carbonyl (C=O) groups is 1. The molecule has 2 aromatic rings. The van der Waals surface area contributed by atoms with Crippen LogP contribution in [0.5, 0.6) is 0 Å². The molecule has 2 heterocycles. The van der Waals surface area contributed by atoms with Crippen molar-refractivity contribution < 1.29 is 9.53 Å². The van der Waals surface area contributed by atoms with Crippen molar-refractivity contribution in [2.75, 3.05) is 20.2 Å². The summed E-state index contributed by atoms with van der Waals surface area (Å²) in [6.45, 7) is 4.51. The number of carbonyl (C=O) groups excluding carboxylic acids is 1. The quantitative estimate of drug-likeness (QED) is 0.814. The lowest BCUT2D eigenvalue weighted by atomic mass is 9.77. The minimum atomic E-state index is 0.0169. The summed E-state index contributed by atoms with van der Waals surface area (Å²) < 4.78 is 5.67. The first kappa shape index (κ1) is 20.3. The largest absolute Gasteiger partial charge is 0.379 e. The third-order valence-electron chi connectivity index (χ3n) is 6.10. The lowest BCUT2D eigenvalue weighted by molar-refractivity contribution is -0.121. The van der Waals surface area contributed by atoms with Gasteiger partial charge in [0.15, 0.2) is 5.82 Å². The van der Waals surface area contributed by atoms with Gasteiger partial charge in [-0.1, -0.05) is 11.6 Å². The highest BCUT2D eigenvalue weighted by atomic mass is 35.5. The predicted molar refractivity (Wildman–Crippen MR) is 112 cm³/mol. The van der Waals surface area contributed by atoms with Gasteiger partial charge in [0, 0.05) is 62.2 Å². The minimum absolute atomic E-state index is 0.0169. The summed E-state index contributed by atoms with van der Waals surface area (Å²) in [7, 11) is 1.74. The van der Waals surface area contributed by atoms with Gasteiger partial charge in [0.1, 0.15) is 0 Å². The first-order valence-corrected chi connectivity index (χ1v) is 10.5. The molecular weight excluding hydrogens is 388 g/mol. The van der Waals surface area contributed by atoms with Crippen LogP contribution in [0.25, 0.3) is 11.4 Å². The van der Waals surface area contributed by atoms with E-state index in [-0.39, 0.29) is 18.1 Å². The first-order chi connectivity index (χ1) is 14.0. The Morgan fingerprint density at radius 1 is 1.17 bits per heavy atom. The monoisotopic (exact) mass is 414 g/mol. The van der Waals surface area contributed by atoms with Crippen LogP contribution in [-0.2, 0) is 16.1 Å². The molecule has 7 heteroatoms. The SMILES string of the molecule is CO[C@@H]1C[C@H]2CN(Cc3cnc(-c4ccc(Cl)cc4)nc3)C[C@H]2C[C@H]1NC(C)=O. The number of fused-ring (bicyclic) bond motifs is 1. The third-order valence-corrected chi connectivity index (χ3v) is 6.35. The lowest BCUT2D eigenvalue weighted by Gasteiger charge is -2.37. The maximum atomic E-state index is 11.5. The Kier molecular flexibility index (Phi) is 6.13. The van der Waals surface area contributed by atoms with Crippen LogP contribution < -0.4 is 5.32 Å². The number of nitrogens with zero attached hydrogens (tertiary/aromatic N) is 3. The maximum Gasteiger partial charge on any atom is 0.217 e. The Balaban J connectivity index is 1.37. The van der Waals surface area contributed by atoms with Crippen LogP contribution in [0.4, 0.5) is 0 Å². The molecule has 1 saturated heterocycles. The van der Waals surface area contributed by atoms with Gasteiger partial charge in [-0.3, -0.25) is 9.69 Å². The number of benzene rings is 1. The molecule has 0 radical (unpaired) electrons. The van der Waals surface area contributed by atoms with E-state index in [9.17, 15) is 4.79 Å². The van der Waals surface area contributed by atoms with Gasteiger partial charge in [-0.25, -0.2) is 9.97 Å². The molecule has 4 rings (SSSR count). The van der Waals surface area contributed by atoms with Crippen molar-refractivity contribution in [2.24, 2.45) is 11.8 Å². The van der Waals surface area contributed by atoms with Gasteiger partial charge >= 0.3 is 0 Å². The van der Waals surface area contributed by atoms with Gasteiger partial charge in [0.25, 0.3) is 0 Å². The smallest absolute Gasteiger partial charge is 0.217 e. The molecular formula is C22H27ClN4O2. The standard InChI is InChI=1S/C22H27ClN4O2/c1-14(28)26-20-7-17-12-27(13-18(17)8-21(20)29-2)11-15-9-24-22(25-10-15)16-3-5-19(23)6-4-16/h3-6,9-10,17-18,20-21H,7-8,11-13H2,1-2H3,(H,26,28)/t17-,18+,20-,21-/m1/s1. The second-order valence-electron chi connectivity index (χ2n) is 8.19. The summed E-state index contributed by atoms with van der Waals surface area (Å²) in [5, 5.41) is 3.78. The fraction of sp³-hybridized carbons (Fsp3) is 0.500. The molecule has 1 aliphatic heterocycles. The number of likely N-dealkylation sites (tertiary alicyclic amines) is 1. The fourth-order valence-electron chi connectivity index (χ4n) is 4.76. The molecule has 0 bridgehead atoms. The van der Waals surface area contributed by atoms with Crippen molar-refractivity contribution in [3.8, 4) is 11.4 Å². The Labute approximate surface area is 176 Å². The highest BCUT2D eigenvalue weighted by Gasteiger charge is 2.42. The number of rotatable bonds is 5. The van der Waals surface area contributed by atoms with E-state index in [1.54, 1.807) is 14.0 Å². The number of aromatic nitrogens is 2. The van der Waals surface area contributed by atoms with E-state index in [1.165, 1.54) is 0 Å². The number of halogens is 1. The number of hydrogen-bond donors (Lipinski definition) is 1. The molecule has 0 spiro atoms. The molecule has 1 aromatic carbocycles. The zero-order valence-corrected chi connectivity index (χ0v) is 17.6. The molecule has 1 amide bonds. The van der Waals surface area contributed by atoms with E-state index in [4.69, 9.17) is 16.3 Å². The molecule has 2 fully saturated rings. The Morgan fingerprint density at radius 3 is 2.45 bits per heavy atom. The van der Waals surface area contributed by atoms with Gasteiger partial charge in [-0.15, -0.1) is 0 Å². The summed E-state index contributed by atoms with van der Waals surface area (Å²) in [5.41, 5.74) is 2.07. The number of amides is 1. The molecule has 2 aliphatic rings. The third kappa shape index (κ3) is 4.77. The lowest BCUT2D eigenvalue weighted by Crippen LogP contribution is -2.49. The number of ether oxygens (including phenoxy) is 1. The fourth-order valence-corrected chi connectivity index (χ4v) is 4.88. The van der Waals surface area contributed by atoms with Gasteiger partial charge in [-0.05, 0) is 48.9 Å². The van der Waals surface area contributed by atoms with Crippen LogP contribution in [-0.4, -0.2) is 53.1 Å². The number of methoxy groups -OCH3 is 1. The van der Waals surface area contributed by atoms with Crippen molar-refractivity contribution in [3.05, 3.63) is 47.2 Å². The molecule has 1 N–H and O–H groups in total. The number of hydrogen-bond acceptors (Lipinski definition) is 5. The zero-order valence-electron chi connectivity index (χ0n) is 16.8. The van der Waals surface area contributed by atoms with Gasteiger partial charge in [-0.2, -0.15) is 0 Å². The summed E-state index contributed by atoms with van der Waals surface area (Å²) in [6, 6.07) is 7.67. The van der Waals surface area contributed by atoms with Crippen molar-refractivity contribution in [2.45, 2.75) is 38.5 Å². The van der Waals surface area contributed by atoms with Crippen molar-refractivity contribution in [3.63, 3.8) is 0 Å². The molecule has 0 unspecified atom stereocenters. The van der Waals surface area contributed by atoms with Crippen molar-refractivity contribution >= 4 is 17.5 Å². The van der Waals surface area contributed by atoms with E-state index in [1.807, 2.05) is 36.7 Å². The van der Waals surface area contributed by atoms with E-state index < -0.39 is 0 Å². The van der Waals surface area contributed by atoms with Crippen LogP contribution >= 0.6 is 11.6 Å². The molecule has 6 nitrogen and oxygen atoms in total. The van der Waals surface area contributed by atoms with E-state index in [2.05, 4.69) is 20.2 Å². The van der Waals surface area contributed by atoms with Gasteiger partial charge < -0.3 is 10.1 Å². The summed E-state index contributed by atoms with van der Waals surface area (Å²) in [6.07, 6.45) is 5.90. The van der Waals surface area contributed by atoms with Crippen LogP contribution in [0.15, 0.2) is 36.7 Å². The highest BCUT2D eigenvalue weighted by molar-refractivity contribution is 6.30. The highest BCUT2D eigenvalue weighted by Crippen LogP contribution is 2.38. The van der Waals surface area contributed by atoms with Crippen LogP contribution in [0.1, 0.15) is 25.3 Å². The van der Waals surface area contributed by atoms with Crippen molar-refractivity contribution in [1.29, 1.82) is 0 Å². The average Bonchev–Trinajstić information content (AvgIpc) is 3.09. The molecule has 1 aromatic heterocycles. The molecule has 154 valence electrons. The number of nitrogens with one attached hydrogen (secondary N) is 1. The Bertz CT molecular complexity index is 843. The van der Waals surface area contributed by atoms with Crippen molar-refractivity contribution in [1.82, 2.24) is 20.2 Å². The zero-order chi connectivity index (χ0) is 20.4. The second-order valence-corrected chi connectivity index (χ2v) is 8.63. The normalized spacial score (nSPS) is 26.9. The molecule has 1 aliphatic carbocycles. The average molecular weight is 415 g/mol. The van der Waals surface area contributed by atoms with Gasteiger partial charge in [0.05, 0.1) is 12.1 Å². The Morgan fingerprint density at radius 2 is 1.83 bits per heavy atom. The second kappa shape index (κ2) is 8.78. The predicted octanol–water partition coefficient (Wildman–Crippen LogP) is 3.16. The van der Waals surface area contributed by atoms with Crippen LogP contribution in [0.2, 0.25) is 5.02 Å². The minimum Gasteiger partial charge on any atom is -0.379 e. The van der Waals surface area contributed by atoms with Gasteiger partial charge in [0.2, 0.25) is 5.91 Å². The van der Waals surface area contributed by atoms with E-state index >= 15 is 0 Å². The first-order valence-electron chi connectivity index (χ1n) is 10.1. The molecule has 4 atom stereocenters. The molecule has 29 heavy (non-hydrogen) atoms. The van der Waals surface area contributed by atoms with Crippen LogP contribution in [0, 0.1) is 11.8 Å². The summed E-state index contributed by atoms with van der Waals surface area (Å²) in [4.78, 5) is 23.1. The molecule has 1 saturated carbocycles. The topological polar surface area (TPSA) is 67.3 Å². The Hall–Kier alpha value is -2.02. The van der Waals surface area contributed by atoms with E-state index in [0.717, 1.165) is 43.6 Å². The van der Waals surface area contributed by atoms with Crippen LogP contribution in [0.3, 0.4) is 0 Å². The summed E-state index contributed by atoms with van der Waals surface area (Å²) >= 11 is 5.95. The maximum absolute atomic E-state index is 11.5. The van der Waals surface area contributed by atoms with E-state index in [0.29, 0.717) is 22.7 Å².